The van der Waals surface area contributed by atoms with E-state index in [9.17, 15) is 80.1 Å². The average Bonchev–Trinajstić information content (AvgIpc) is 2.40. The molecule has 2 unspecified atom stereocenters. The molecule has 0 fully saturated rings. The van der Waals surface area contributed by atoms with E-state index in [1.165, 1.54) is 9.47 Å². The molecule has 0 aromatic rings. The van der Waals surface area contributed by atoms with Gasteiger partial charge < -0.3 is 9.90 Å². The summed E-state index contributed by atoms with van der Waals surface area (Å²) in [5, 5.41) is 2.70. The van der Waals surface area contributed by atoms with Gasteiger partial charge in [0.1, 0.15) is 5.97 Å². The molecule has 0 saturated carbocycles. The van der Waals surface area contributed by atoms with E-state index in [0.717, 1.165) is 0 Å². The summed E-state index contributed by atoms with van der Waals surface area (Å²) in [5.41, 5.74) is -7.88. The molecule has 0 amide bonds. The zero-order valence-corrected chi connectivity index (χ0v) is 16.3. The molecule has 0 aliphatic carbocycles. The molecule has 0 aromatic heterocycles. The maximum absolute atomic E-state index is 13.6. The van der Waals surface area contributed by atoms with Crippen LogP contribution in [0.2, 0.25) is 0 Å². The Kier molecular flexibility index (Phi) is 9.22. The number of hydrogen-bond donors (Lipinski definition) is 0. The Bertz CT molecular complexity index is 643. The molecular weight excluding hydrogens is 535 g/mol. The summed E-state index contributed by atoms with van der Waals surface area (Å²) >= 11 is 3.40. The maximum atomic E-state index is 13.6. The van der Waals surface area contributed by atoms with Gasteiger partial charge in [-0.1, -0.05) is 0 Å². The van der Waals surface area contributed by atoms with Crippen LogP contribution >= 0.6 is 11.6 Å². The van der Waals surface area contributed by atoms with Crippen molar-refractivity contribution in [1.82, 2.24) is 0 Å². The van der Waals surface area contributed by atoms with Crippen molar-refractivity contribution < 1.29 is 119 Å². The fourth-order valence-corrected chi connectivity index (χ4v) is 1.51. The Morgan fingerprint density at radius 3 is 1.23 bits per heavy atom. The monoisotopic (exact) mass is 534 g/mol. The summed E-state index contributed by atoms with van der Waals surface area (Å²) in [4.78, 5) is 9.75. The minimum atomic E-state index is -8.05. The van der Waals surface area contributed by atoms with Crippen LogP contribution in [0.1, 0.15) is 0 Å². The largest absolute Gasteiger partial charge is 1.00 e. The topological polar surface area (TPSA) is 58.6 Å². The molecule has 31 heavy (non-hydrogen) atoms. The number of carboxylic acids is 1. The summed E-state index contributed by atoms with van der Waals surface area (Å²) < 4.78 is 207. The van der Waals surface area contributed by atoms with Crippen LogP contribution in [0, 0.1) is 0 Å². The van der Waals surface area contributed by atoms with Gasteiger partial charge >= 0.3 is 77.1 Å². The van der Waals surface area contributed by atoms with Crippen LogP contribution < -0.4 is 34.7 Å². The zero-order valence-electron chi connectivity index (χ0n) is 13.6. The summed E-state index contributed by atoms with van der Waals surface area (Å²) in [5.74, 6) is -12.2. The van der Waals surface area contributed by atoms with Gasteiger partial charge in [0.05, 0.1) is 0 Å². The van der Waals surface area contributed by atoms with Crippen molar-refractivity contribution in [1.29, 1.82) is 0 Å². The van der Waals surface area contributed by atoms with E-state index in [2.05, 4.69) is 11.6 Å². The van der Waals surface area contributed by atoms with Crippen molar-refractivity contribution in [2.24, 2.45) is 0 Å². The molecule has 0 radical (unpaired) electrons. The minimum absolute atomic E-state index is 0. The van der Waals surface area contributed by atoms with Gasteiger partial charge in [-0.2, -0.15) is 65.9 Å². The third kappa shape index (κ3) is 5.74. The smallest absolute Gasteiger partial charge is 0.542 e. The van der Waals surface area contributed by atoms with E-state index in [4.69, 9.17) is 0 Å². The molecule has 4 nitrogen and oxygen atoms in total. The molecule has 0 spiro atoms. The van der Waals surface area contributed by atoms with Gasteiger partial charge in [0, 0.05) is 0 Å². The first-order valence-corrected chi connectivity index (χ1v) is 6.32. The van der Waals surface area contributed by atoms with Gasteiger partial charge in [0.2, 0.25) is 0 Å². The predicted molar refractivity (Wildman–Crippen MR) is 52.6 cm³/mol. The Hall–Kier alpha value is -0.440. The van der Waals surface area contributed by atoms with Gasteiger partial charge in [0.25, 0.3) is 0 Å². The van der Waals surface area contributed by atoms with Crippen molar-refractivity contribution in [3.05, 3.63) is 0 Å². The fraction of sp³-hybridized carbons (Fsp3) is 0.889. The average molecular weight is 535 g/mol. The van der Waals surface area contributed by atoms with Crippen molar-refractivity contribution in [2.45, 2.75) is 47.6 Å². The van der Waals surface area contributed by atoms with E-state index in [-0.39, 0.29) is 29.6 Å². The van der Waals surface area contributed by atoms with E-state index < -0.39 is 53.6 Å². The molecule has 0 bridgehead atoms. The SMILES string of the molecule is O=C([O-])C(F)(F)OC(F)(F)C(F)(OC(F)(F)C(F)(C(F)(F)F)C(F)(F)Cl)C(F)(F)F.[Na+]. The standard InChI is InChI=1S/C9HClF16O4.Na/c10-5(15,16)3(13,6(17,18)19)8(23,24)30-4(14,7(20,21)22)9(25,26)29-2(11,12)1(27)28;/h(H,27,28);/q;+1/p-1. The van der Waals surface area contributed by atoms with Crippen LogP contribution in [-0.4, -0.2) is 53.6 Å². The van der Waals surface area contributed by atoms with Gasteiger partial charge in [-0.15, -0.1) is 0 Å². The Labute approximate surface area is 184 Å². The van der Waals surface area contributed by atoms with Gasteiger partial charge in [-0.25, -0.2) is 9.13 Å². The predicted octanol–water partition coefficient (Wildman–Crippen LogP) is 0.882. The third-order valence-corrected chi connectivity index (χ3v) is 2.94. The van der Waals surface area contributed by atoms with Crippen LogP contribution in [0.3, 0.4) is 0 Å². The number of carbonyl (C=O) groups excluding carboxylic acids is 1. The number of halogens is 17. The second kappa shape index (κ2) is 8.73. The molecule has 22 heteroatoms. The summed E-state index contributed by atoms with van der Waals surface area (Å²) in [6, 6.07) is 0. The molecule has 0 N–H and O–H groups in total. The molecule has 0 aliphatic heterocycles. The maximum Gasteiger partial charge on any atom is 1.00 e. The van der Waals surface area contributed by atoms with Crippen molar-refractivity contribution >= 4 is 17.6 Å². The molecule has 0 saturated heterocycles. The van der Waals surface area contributed by atoms with Crippen molar-refractivity contribution in [3.63, 3.8) is 0 Å². The molecule has 2 atom stereocenters. The number of alkyl halides is 17. The minimum Gasteiger partial charge on any atom is -0.542 e. The molecule has 0 heterocycles. The van der Waals surface area contributed by atoms with E-state index in [0.29, 0.717) is 0 Å². The molecule has 180 valence electrons. The van der Waals surface area contributed by atoms with Crippen molar-refractivity contribution in [3.8, 4) is 0 Å². The van der Waals surface area contributed by atoms with Gasteiger partial charge in [-0.3, -0.25) is 4.74 Å². The number of carbonyl (C=O) groups is 1. The first-order valence-electron chi connectivity index (χ1n) is 5.94. The van der Waals surface area contributed by atoms with Gasteiger partial charge in [0.15, 0.2) is 0 Å². The Morgan fingerprint density at radius 1 is 0.645 bits per heavy atom. The van der Waals surface area contributed by atoms with Crippen LogP contribution in [0.25, 0.3) is 0 Å². The molecule has 0 aliphatic rings. The Balaban J connectivity index is 0. The first-order chi connectivity index (χ1) is 12.6. The number of ether oxygens (including phenoxy) is 2. The number of rotatable bonds is 8. The summed E-state index contributed by atoms with van der Waals surface area (Å²) in [6.45, 7) is 0. The normalized spacial score (nSPS) is 18.6. The quantitative estimate of drug-likeness (QED) is 0.264. The summed E-state index contributed by atoms with van der Waals surface area (Å²) in [7, 11) is 0. The zero-order chi connectivity index (χ0) is 25.0. The fourth-order valence-electron chi connectivity index (χ4n) is 1.29. The van der Waals surface area contributed by atoms with Gasteiger partial charge in [-0.05, 0) is 11.6 Å². The van der Waals surface area contributed by atoms with Crippen LogP contribution in [0.5, 0.6) is 0 Å². The van der Waals surface area contributed by atoms with Crippen molar-refractivity contribution in [2.75, 3.05) is 0 Å². The Morgan fingerprint density at radius 2 is 1.00 bits per heavy atom. The molecule has 0 aromatic carbocycles. The summed E-state index contributed by atoms with van der Waals surface area (Å²) in [6.07, 6.45) is -38.1. The van der Waals surface area contributed by atoms with Crippen LogP contribution in [-0.2, 0) is 14.3 Å². The van der Waals surface area contributed by atoms with E-state index >= 15 is 0 Å². The van der Waals surface area contributed by atoms with E-state index in [1.54, 1.807) is 0 Å². The second-order valence-corrected chi connectivity index (χ2v) is 5.26. The number of carboxylic acid groups (broad SMARTS) is 1. The molecule has 0 rings (SSSR count). The third-order valence-electron chi connectivity index (χ3n) is 2.68. The van der Waals surface area contributed by atoms with Crippen LogP contribution in [0.4, 0.5) is 70.2 Å². The van der Waals surface area contributed by atoms with E-state index in [1.807, 2.05) is 0 Å². The number of hydrogen-bond acceptors (Lipinski definition) is 4. The second-order valence-electron chi connectivity index (χ2n) is 4.79. The van der Waals surface area contributed by atoms with Crippen LogP contribution in [0.15, 0.2) is 0 Å². The first kappa shape index (κ1) is 32.7. The number of aliphatic carboxylic acids is 1. The molecular formula is C9ClF16NaO4.